The third-order valence-corrected chi connectivity index (χ3v) is 7.02. The summed E-state index contributed by atoms with van der Waals surface area (Å²) in [5.74, 6) is 0.525. The highest BCUT2D eigenvalue weighted by molar-refractivity contribution is 6.42. The Morgan fingerprint density at radius 3 is 2.34 bits per heavy atom. The number of carbonyl (C=O) groups is 2. The van der Waals surface area contributed by atoms with Crippen molar-refractivity contribution in [1.29, 1.82) is 0 Å². The fraction of sp³-hybridized carbons (Fsp3) is 0.636. The molecule has 1 heterocycles. The summed E-state index contributed by atoms with van der Waals surface area (Å²) < 4.78 is 0. The summed E-state index contributed by atoms with van der Waals surface area (Å²) in [7, 11) is 0. The van der Waals surface area contributed by atoms with Crippen LogP contribution in [0.4, 0.5) is 0 Å². The van der Waals surface area contributed by atoms with Gasteiger partial charge in [-0.3, -0.25) is 14.5 Å². The number of nitrogens with one attached hydrogen (secondary N) is 1. The summed E-state index contributed by atoms with van der Waals surface area (Å²) in [6.07, 6.45) is 5.55. The van der Waals surface area contributed by atoms with Gasteiger partial charge in [0.15, 0.2) is 0 Å². The molecule has 0 unspecified atom stereocenters. The maximum atomic E-state index is 13.0. The molecule has 1 saturated heterocycles. The van der Waals surface area contributed by atoms with E-state index in [0.717, 1.165) is 19.3 Å². The monoisotopic (exact) mass is 439 g/mol. The Morgan fingerprint density at radius 1 is 1.10 bits per heavy atom. The van der Waals surface area contributed by atoms with Crippen molar-refractivity contribution in [3.8, 4) is 0 Å². The molecule has 2 atom stereocenters. The van der Waals surface area contributed by atoms with E-state index < -0.39 is 0 Å². The quantitative estimate of drug-likeness (QED) is 0.721. The van der Waals surface area contributed by atoms with Crippen LogP contribution in [-0.2, 0) is 4.79 Å². The van der Waals surface area contributed by atoms with Crippen molar-refractivity contribution < 1.29 is 9.59 Å². The number of carbonyl (C=O) groups excluding carboxylic acids is 2. The second-order valence-electron chi connectivity index (χ2n) is 8.26. The van der Waals surface area contributed by atoms with Crippen molar-refractivity contribution in [3.63, 3.8) is 0 Å². The number of nitrogens with zero attached hydrogens (tertiary/aromatic N) is 2. The van der Waals surface area contributed by atoms with Crippen LogP contribution in [0.5, 0.6) is 0 Å². The molecule has 1 aliphatic heterocycles. The minimum absolute atomic E-state index is 0.0373. The molecule has 29 heavy (non-hydrogen) atoms. The zero-order valence-electron chi connectivity index (χ0n) is 17.3. The second-order valence-corrected chi connectivity index (χ2v) is 9.08. The molecule has 1 N–H and O–H groups in total. The van der Waals surface area contributed by atoms with E-state index in [-0.39, 0.29) is 23.9 Å². The van der Waals surface area contributed by atoms with Gasteiger partial charge >= 0.3 is 0 Å². The molecule has 2 amide bonds. The van der Waals surface area contributed by atoms with E-state index in [1.54, 1.807) is 18.2 Å². The third-order valence-electron chi connectivity index (χ3n) is 6.28. The van der Waals surface area contributed by atoms with Crippen molar-refractivity contribution in [2.75, 3.05) is 26.2 Å². The molecule has 0 radical (unpaired) electrons. The molecule has 5 nitrogen and oxygen atoms in total. The molecule has 0 spiro atoms. The van der Waals surface area contributed by atoms with E-state index in [9.17, 15) is 9.59 Å². The maximum absolute atomic E-state index is 13.0. The lowest BCUT2D eigenvalue weighted by Gasteiger charge is -2.41. The van der Waals surface area contributed by atoms with Crippen molar-refractivity contribution in [3.05, 3.63) is 33.8 Å². The molecule has 1 aromatic carbocycles. The first kappa shape index (κ1) is 22.4. The summed E-state index contributed by atoms with van der Waals surface area (Å²) >= 11 is 12.0. The van der Waals surface area contributed by atoms with Gasteiger partial charge in [0.25, 0.3) is 5.91 Å². The van der Waals surface area contributed by atoms with Crippen LogP contribution >= 0.6 is 23.2 Å². The number of hydrogen-bond donors (Lipinski definition) is 1. The highest BCUT2D eigenvalue weighted by Gasteiger charge is 2.37. The predicted octanol–water partition coefficient (Wildman–Crippen LogP) is 4.22. The molecule has 160 valence electrons. The SMILES string of the molecule is CC[C@H](C)NC(=O)[C@@H](C1CCCC1)N1CCN(C(=O)c2ccc(Cl)c(Cl)c2)CC1. The molecule has 1 aromatic rings. The fourth-order valence-electron chi connectivity index (χ4n) is 4.40. The first-order valence-corrected chi connectivity index (χ1v) is 11.4. The Morgan fingerprint density at radius 2 is 1.76 bits per heavy atom. The van der Waals surface area contributed by atoms with Crippen LogP contribution in [0.25, 0.3) is 0 Å². The van der Waals surface area contributed by atoms with E-state index >= 15 is 0 Å². The summed E-state index contributed by atoms with van der Waals surface area (Å²) in [6.45, 7) is 6.78. The van der Waals surface area contributed by atoms with E-state index in [2.05, 4.69) is 24.1 Å². The summed E-state index contributed by atoms with van der Waals surface area (Å²) in [5.41, 5.74) is 0.551. The Labute approximate surface area is 183 Å². The van der Waals surface area contributed by atoms with Crippen LogP contribution < -0.4 is 5.32 Å². The number of amides is 2. The Bertz CT molecular complexity index is 729. The molecular weight excluding hydrogens is 409 g/mol. The van der Waals surface area contributed by atoms with Gasteiger partial charge in [0, 0.05) is 37.8 Å². The Kier molecular flexibility index (Phi) is 7.83. The van der Waals surface area contributed by atoms with E-state index in [4.69, 9.17) is 23.2 Å². The standard InChI is InChI=1S/C22H31Cl2N3O2/c1-3-15(2)25-21(28)20(16-6-4-5-7-16)26-10-12-27(13-11-26)22(29)17-8-9-18(23)19(24)14-17/h8-9,14-16,20H,3-7,10-13H2,1-2H3,(H,25,28)/t15-,20+/m0/s1. The number of benzene rings is 1. The highest BCUT2D eigenvalue weighted by Crippen LogP contribution is 2.31. The van der Waals surface area contributed by atoms with Crippen LogP contribution in [0.15, 0.2) is 18.2 Å². The van der Waals surface area contributed by atoms with Gasteiger partial charge in [-0.2, -0.15) is 0 Å². The molecule has 1 aliphatic carbocycles. The first-order chi connectivity index (χ1) is 13.9. The van der Waals surface area contributed by atoms with Gasteiger partial charge in [-0.05, 0) is 50.3 Å². The molecule has 7 heteroatoms. The summed E-state index contributed by atoms with van der Waals surface area (Å²) in [4.78, 5) is 30.0. The van der Waals surface area contributed by atoms with Gasteiger partial charge in [-0.1, -0.05) is 43.0 Å². The minimum atomic E-state index is -0.0891. The first-order valence-electron chi connectivity index (χ1n) is 10.7. The molecule has 2 fully saturated rings. The minimum Gasteiger partial charge on any atom is -0.352 e. The second kappa shape index (κ2) is 10.1. The number of piperazine rings is 1. The zero-order valence-corrected chi connectivity index (χ0v) is 18.8. The van der Waals surface area contributed by atoms with Crippen LogP contribution in [0, 0.1) is 5.92 Å². The number of halogens is 2. The van der Waals surface area contributed by atoms with E-state index in [1.165, 1.54) is 12.8 Å². The Balaban J connectivity index is 1.65. The zero-order chi connectivity index (χ0) is 21.0. The summed E-state index contributed by atoms with van der Waals surface area (Å²) in [6, 6.07) is 5.09. The fourth-order valence-corrected chi connectivity index (χ4v) is 4.69. The van der Waals surface area contributed by atoms with Gasteiger partial charge in [-0.15, -0.1) is 0 Å². The molecule has 0 bridgehead atoms. The molecule has 0 aromatic heterocycles. The maximum Gasteiger partial charge on any atom is 0.253 e. The van der Waals surface area contributed by atoms with Gasteiger partial charge in [0.1, 0.15) is 0 Å². The van der Waals surface area contributed by atoms with Gasteiger partial charge < -0.3 is 10.2 Å². The van der Waals surface area contributed by atoms with Crippen molar-refractivity contribution in [2.45, 2.75) is 58.0 Å². The van der Waals surface area contributed by atoms with Gasteiger partial charge in [0.05, 0.1) is 16.1 Å². The lowest BCUT2D eigenvalue weighted by molar-refractivity contribution is -0.129. The van der Waals surface area contributed by atoms with Crippen LogP contribution in [0.1, 0.15) is 56.3 Å². The smallest absolute Gasteiger partial charge is 0.253 e. The highest BCUT2D eigenvalue weighted by atomic mass is 35.5. The normalized spacial score (nSPS) is 20.5. The Hall–Kier alpha value is -1.30. The van der Waals surface area contributed by atoms with Crippen molar-refractivity contribution >= 4 is 35.0 Å². The average Bonchev–Trinajstić information content (AvgIpc) is 3.24. The van der Waals surface area contributed by atoms with Crippen LogP contribution in [0.2, 0.25) is 10.0 Å². The van der Waals surface area contributed by atoms with Crippen LogP contribution in [-0.4, -0.2) is 59.9 Å². The van der Waals surface area contributed by atoms with Gasteiger partial charge in [-0.25, -0.2) is 0 Å². The van der Waals surface area contributed by atoms with Gasteiger partial charge in [0.2, 0.25) is 5.91 Å². The predicted molar refractivity (Wildman–Crippen MR) is 118 cm³/mol. The van der Waals surface area contributed by atoms with E-state index in [0.29, 0.717) is 47.7 Å². The van der Waals surface area contributed by atoms with Crippen molar-refractivity contribution in [2.24, 2.45) is 5.92 Å². The summed E-state index contributed by atoms with van der Waals surface area (Å²) in [5, 5.41) is 4.02. The number of rotatable bonds is 6. The largest absolute Gasteiger partial charge is 0.352 e. The van der Waals surface area contributed by atoms with E-state index in [1.807, 2.05) is 4.90 Å². The van der Waals surface area contributed by atoms with Crippen molar-refractivity contribution in [1.82, 2.24) is 15.1 Å². The number of hydrogen-bond acceptors (Lipinski definition) is 3. The molecule has 3 rings (SSSR count). The lowest BCUT2D eigenvalue weighted by atomic mass is 9.94. The lowest BCUT2D eigenvalue weighted by Crippen LogP contribution is -2.58. The topological polar surface area (TPSA) is 52.7 Å². The third kappa shape index (κ3) is 5.44. The average molecular weight is 440 g/mol. The molecule has 2 aliphatic rings. The van der Waals surface area contributed by atoms with Crippen LogP contribution in [0.3, 0.4) is 0 Å². The molecular formula is C22H31Cl2N3O2. The molecule has 1 saturated carbocycles.